The molecular weight excluding hydrogens is 334 g/mol. The van der Waals surface area contributed by atoms with Crippen molar-refractivity contribution in [1.82, 2.24) is 9.78 Å². The summed E-state index contributed by atoms with van der Waals surface area (Å²) < 4.78 is 29.8. The van der Waals surface area contributed by atoms with Crippen molar-refractivity contribution in [3.05, 3.63) is 78.1 Å². The molecule has 1 aromatic heterocycles. The molecule has 6 heteroatoms. The SMILES string of the molecule is CCn1cc(S(=O)(=O)N(Cc2ccccc2)c2ccccc2)c(C)n1. The molecular formula is C19H21N3O2S. The van der Waals surface area contributed by atoms with Gasteiger partial charge in [0.2, 0.25) is 0 Å². The van der Waals surface area contributed by atoms with Crippen LogP contribution in [0.5, 0.6) is 0 Å². The van der Waals surface area contributed by atoms with Gasteiger partial charge in [0.1, 0.15) is 4.90 Å². The van der Waals surface area contributed by atoms with Crippen LogP contribution in [0.1, 0.15) is 18.2 Å². The highest BCUT2D eigenvalue weighted by Gasteiger charge is 2.28. The molecule has 0 saturated heterocycles. The molecule has 3 rings (SSSR count). The number of anilines is 1. The Balaban J connectivity index is 2.08. The largest absolute Gasteiger partial charge is 0.271 e. The van der Waals surface area contributed by atoms with E-state index >= 15 is 0 Å². The minimum absolute atomic E-state index is 0.245. The summed E-state index contributed by atoms with van der Waals surface area (Å²) in [5.74, 6) is 0. The van der Waals surface area contributed by atoms with Gasteiger partial charge in [-0.05, 0) is 31.5 Å². The van der Waals surface area contributed by atoms with Crippen molar-refractivity contribution in [2.75, 3.05) is 4.31 Å². The van der Waals surface area contributed by atoms with Gasteiger partial charge < -0.3 is 0 Å². The topological polar surface area (TPSA) is 55.2 Å². The number of aryl methyl sites for hydroxylation is 2. The molecule has 0 amide bonds. The summed E-state index contributed by atoms with van der Waals surface area (Å²) in [5, 5.41) is 4.29. The second kappa shape index (κ2) is 7.11. The van der Waals surface area contributed by atoms with Gasteiger partial charge in [-0.2, -0.15) is 5.10 Å². The van der Waals surface area contributed by atoms with E-state index in [0.29, 0.717) is 17.9 Å². The van der Waals surface area contributed by atoms with E-state index in [9.17, 15) is 8.42 Å². The number of sulfonamides is 1. The highest BCUT2D eigenvalue weighted by Crippen LogP contribution is 2.27. The quantitative estimate of drug-likeness (QED) is 0.679. The number of aromatic nitrogens is 2. The lowest BCUT2D eigenvalue weighted by Gasteiger charge is -2.24. The molecule has 0 atom stereocenters. The minimum atomic E-state index is -3.72. The van der Waals surface area contributed by atoms with Crippen LogP contribution in [-0.4, -0.2) is 18.2 Å². The van der Waals surface area contributed by atoms with Crippen molar-refractivity contribution in [3.63, 3.8) is 0 Å². The Labute approximate surface area is 148 Å². The molecule has 25 heavy (non-hydrogen) atoms. The monoisotopic (exact) mass is 355 g/mol. The molecule has 0 aliphatic rings. The van der Waals surface area contributed by atoms with E-state index in [0.717, 1.165) is 5.56 Å². The number of para-hydroxylation sites is 1. The molecule has 0 N–H and O–H groups in total. The first-order chi connectivity index (χ1) is 12.0. The van der Waals surface area contributed by atoms with Crippen molar-refractivity contribution in [2.45, 2.75) is 31.8 Å². The van der Waals surface area contributed by atoms with Crippen molar-refractivity contribution < 1.29 is 8.42 Å². The molecule has 2 aromatic carbocycles. The maximum absolute atomic E-state index is 13.4. The molecule has 3 aromatic rings. The van der Waals surface area contributed by atoms with Gasteiger partial charge in [-0.25, -0.2) is 8.42 Å². The Hall–Kier alpha value is -2.60. The number of hydrogen-bond acceptors (Lipinski definition) is 3. The Morgan fingerprint density at radius 2 is 1.60 bits per heavy atom. The fourth-order valence-corrected chi connectivity index (χ4v) is 4.32. The lowest BCUT2D eigenvalue weighted by atomic mass is 10.2. The molecule has 0 bridgehead atoms. The van der Waals surface area contributed by atoms with Gasteiger partial charge in [0.15, 0.2) is 0 Å². The van der Waals surface area contributed by atoms with Crippen LogP contribution in [0.25, 0.3) is 0 Å². The van der Waals surface area contributed by atoms with E-state index in [2.05, 4.69) is 5.10 Å². The predicted octanol–water partition coefficient (Wildman–Crippen LogP) is 3.61. The van der Waals surface area contributed by atoms with Crippen molar-refractivity contribution in [1.29, 1.82) is 0 Å². The van der Waals surface area contributed by atoms with E-state index in [1.54, 1.807) is 29.9 Å². The molecule has 0 fully saturated rings. The number of hydrogen-bond donors (Lipinski definition) is 0. The van der Waals surface area contributed by atoms with Crippen LogP contribution in [0.4, 0.5) is 5.69 Å². The molecule has 0 aliphatic carbocycles. The van der Waals surface area contributed by atoms with Gasteiger partial charge in [0.05, 0.1) is 17.9 Å². The zero-order valence-electron chi connectivity index (χ0n) is 14.3. The summed E-state index contributed by atoms with van der Waals surface area (Å²) >= 11 is 0. The fourth-order valence-electron chi connectivity index (χ4n) is 2.69. The molecule has 1 heterocycles. The Bertz CT molecular complexity index is 935. The minimum Gasteiger partial charge on any atom is -0.271 e. The van der Waals surface area contributed by atoms with Crippen LogP contribution >= 0.6 is 0 Å². The maximum atomic E-state index is 13.4. The fraction of sp³-hybridized carbons (Fsp3) is 0.211. The van der Waals surface area contributed by atoms with Gasteiger partial charge in [-0.3, -0.25) is 8.99 Å². The second-order valence-corrected chi connectivity index (χ2v) is 7.60. The smallest absolute Gasteiger partial charge is 0.268 e. The number of benzene rings is 2. The van der Waals surface area contributed by atoms with Crippen molar-refractivity contribution in [2.24, 2.45) is 0 Å². The van der Waals surface area contributed by atoms with Gasteiger partial charge in [-0.1, -0.05) is 48.5 Å². The summed E-state index contributed by atoms with van der Waals surface area (Å²) in [6.45, 7) is 4.55. The lowest BCUT2D eigenvalue weighted by molar-refractivity contribution is 0.589. The first-order valence-electron chi connectivity index (χ1n) is 8.18. The van der Waals surface area contributed by atoms with E-state index in [1.165, 1.54) is 4.31 Å². The molecule has 130 valence electrons. The Kier molecular flexibility index (Phi) is 4.90. The molecule has 0 spiro atoms. The zero-order chi connectivity index (χ0) is 17.9. The van der Waals surface area contributed by atoms with E-state index in [-0.39, 0.29) is 11.4 Å². The molecule has 0 radical (unpaired) electrons. The van der Waals surface area contributed by atoms with Crippen molar-refractivity contribution in [3.8, 4) is 0 Å². The highest BCUT2D eigenvalue weighted by molar-refractivity contribution is 7.92. The van der Waals surface area contributed by atoms with Crippen molar-refractivity contribution >= 4 is 15.7 Å². The molecule has 5 nitrogen and oxygen atoms in total. The molecule has 0 unspecified atom stereocenters. The van der Waals surface area contributed by atoms with E-state index < -0.39 is 10.0 Å². The predicted molar refractivity (Wildman–Crippen MR) is 98.9 cm³/mol. The normalized spacial score (nSPS) is 11.4. The number of rotatable bonds is 6. The zero-order valence-corrected chi connectivity index (χ0v) is 15.1. The van der Waals surface area contributed by atoms with Crippen LogP contribution in [0, 0.1) is 6.92 Å². The standard InChI is InChI=1S/C19H21N3O2S/c1-3-21-15-19(16(2)20-21)25(23,24)22(18-12-8-5-9-13-18)14-17-10-6-4-7-11-17/h4-13,15H,3,14H2,1-2H3. The van der Waals surface area contributed by atoms with Gasteiger partial charge in [0.25, 0.3) is 10.0 Å². The lowest BCUT2D eigenvalue weighted by Crippen LogP contribution is -2.30. The Morgan fingerprint density at radius 3 is 2.16 bits per heavy atom. The van der Waals surface area contributed by atoms with Crippen LogP contribution < -0.4 is 4.31 Å². The molecule has 0 aliphatic heterocycles. The van der Waals surface area contributed by atoms with Gasteiger partial charge in [-0.15, -0.1) is 0 Å². The first kappa shape index (κ1) is 17.2. The average molecular weight is 355 g/mol. The van der Waals surface area contributed by atoms with Crippen LogP contribution in [-0.2, 0) is 23.1 Å². The van der Waals surface area contributed by atoms with Crippen LogP contribution in [0.2, 0.25) is 0 Å². The summed E-state index contributed by atoms with van der Waals surface area (Å²) in [6, 6.07) is 18.7. The molecule has 0 saturated carbocycles. The first-order valence-corrected chi connectivity index (χ1v) is 9.62. The van der Waals surface area contributed by atoms with Crippen LogP contribution in [0.15, 0.2) is 71.8 Å². The third kappa shape index (κ3) is 3.58. The summed E-state index contributed by atoms with van der Waals surface area (Å²) in [6.07, 6.45) is 1.60. The third-order valence-electron chi connectivity index (χ3n) is 4.01. The summed E-state index contributed by atoms with van der Waals surface area (Å²) in [7, 11) is -3.72. The van der Waals surface area contributed by atoms with Crippen LogP contribution in [0.3, 0.4) is 0 Å². The summed E-state index contributed by atoms with van der Waals surface area (Å²) in [4.78, 5) is 0.245. The average Bonchev–Trinajstić information content (AvgIpc) is 3.03. The Morgan fingerprint density at radius 1 is 1.00 bits per heavy atom. The van der Waals surface area contributed by atoms with Gasteiger partial charge in [0, 0.05) is 12.7 Å². The summed E-state index contributed by atoms with van der Waals surface area (Å²) in [5.41, 5.74) is 2.07. The van der Waals surface area contributed by atoms with E-state index in [4.69, 9.17) is 0 Å². The van der Waals surface area contributed by atoms with E-state index in [1.807, 2.05) is 55.5 Å². The number of nitrogens with zero attached hydrogens (tertiary/aromatic N) is 3. The maximum Gasteiger partial charge on any atom is 0.268 e. The van der Waals surface area contributed by atoms with Gasteiger partial charge >= 0.3 is 0 Å². The highest BCUT2D eigenvalue weighted by atomic mass is 32.2. The third-order valence-corrected chi connectivity index (χ3v) is 5.88. The second-order valence-electron chi connectivity index (χ2n) is 5.77.